The number of benzene rings is 6. The summed E-state index contributed by atoms with van der Waals surface area (Å²) in [5.74, 6) is 1.13. The maximum atomic E-state index is 13.4. The fourth-order valence-electron chi connectivity index (χ4n) is 6.80. The number of aromatic hydroxyl groups is 2. The summed E-state index contributed by atoms with van der Waals surface area (Å²) in [6, 6.07) is 43.3. The molecule has 0 bridgehead atoms. The Bertz CT molecular complexity index is 2770. The van der Waals surface area contributed by atoms with Gasteiger partial charge in [-0.25, -0.2) is 14.8 Å². The molecule has 0 saturated heterocycles. The van der Waals surface area contributed by atoms with Crippen molar-refractivity contribution in [3.8, 4) is 33.8 Å². The molecule has 11 heteroatoms. The topological polar surface area (TPSA) is 166 Å². The van der Waals surface area contributed by atoms with E-state index in [4.69, 9.17) is 5.73 Å². The van der Waals surface area contributed by atoms with Crippen LogP contribution in [0.2, 0.25) is 0 Å². The number of urea groups is 1. The molecule has 0 aliphatic heterocycles. The van der Waals surface area contributed by atoms with E-state index in [1.54, 1.807) is 79.1 Å². The highest BCUT2D eigenvalue weighted by atomic mass is 16.3. The fraction of sp³-hybridized carbons (Fsp3) is 0.0222. The van der Waals surface area contributed by atoms with Gasteiger partial charge in [0.15, 0.2) is 0 Å². The molecule has 3 amide bonds. The molecule has 2 heterocycles. The Morgan fingerprint density at radius 1 is 0.554 bits per heavy atom. The highest BCUT2D eigenvalue weighted by Crippen LogP contribution is 2.36. The average molecular weight is 738 g/mol. The Morgan fingerprint density at radius 2 is 1.05 bits per heavy atom. The number of hydrogen-bond donors (Lipinski definition) is 6. The zero-order valence-corrected chi connectivity index (χ0v) is 29.8. The van der Waals surface area contributed by atoms with E-state index in [0.717, 1.165) is 43.8 Å². The zero-order chi connectivity index (χ0) is 38.6. The molecule has 6 aromatic carbocycles. The minimum absolute atomic E-state index is 0.179. The van der Waals surface area contributed by atoms with Crippen LogP contribution in [0.3, 0.4) is 0 Å². The van der Waals surface area contributed by atoms with Crippen LogP contribution in [0.4, 0.5) is 39.2 Å². The Labute approximate surface area is 321 Å². The van der Waals surface area contributed by atoms with Gasteiger partial charge in [-0.15, -0.1) is 0 Å². The van der Waals surface area contributed by atoms with Crippen molar-refractivity contribution >= 4 is 67.9 Å². The molecule has 7 N–H and O–H groups in total. The van der Waals surface area contributed by atoms with Gasteiger partial charge in [0.05, 0.1) is 0 Å². The van der Waals surface area contributed by atoms with Gasteiger partial charge in [0, 0.05) is 45.9 Å². The first-order chi connectivity index (χ1) is 27.3. The number of nitrogens with two attached hydrogens (primary N) is 1. The van der Waals surface area contributed by atoms with Crippen LogP contribution in [-0.4, -0.2) is 38.7 Å². The van der Waals surface area contributed by atoms with Crippen molar-refractivity contribution in [3.05, 3.63) is 158 Å². The monoisotopic (exact) mass is 737 g/mol. The first-order valence-corrected chi connectivity index (χ1v) is 17.7. The largest absolute Gasteiger partial charge is 0.508 e. The number of hydrogen-bond acceptors (Lipinski definition) is 8. The zero-order valence-electron chi connectivity index (χ0n) is 29.8. The molecular formula is C45H35N7O4. The molecule has 0 atom stereocenters. The third kappa shape index (κ3) is 7.45. The number of pyridine rings is 2. The molecule has 0 aliphatic carbocycles. The first kappa shape index (κ1) is 35.1. The van der Waals surface area contributed by atoms with E-state index in [2.05, 4.69) is 25.9 Å². The molecule has 274 valence electrons. The number of nitrogens with zero attached hydrogens (tertiary/aromatic N) is 3. The second kappa shape index (κ2) is 15.2. The predicted octanol–water partition coefficient (Wildman–Crippen LogP) is 9.54. The van der Waals surface area contributed by atoms with Crippen molar-refractivity contribution in [2.24, 2.45) is 5.73 Å². The quantitative estimate of drug-likeness (QED) is 0.0808. The minimum atomic E-state index is -0.793. The molecule has 2 aromatic heterocycles. The summed E-state index contributed by atoms with van der Waals surface area (Å²) in [5, 5.41) is 33.4. The lowest BCUT2D eigenvalue weighted by molar-refractivity contribution is -0.114. The van der Waals surface area contributed by atoms with Crippen molar-refractivity contribution < 1.29 is 19.8 Å². The Hall–Kier alpha value is -7.92. The minimum Gasteiger partial charge on any atom is -0.508 e. The van der Waals surface area contributed by atoms with Crippen molar-refractivity contribution in [2.45, 2.75) is 0 Å². The standard InChI is InChI=1S/C45H35N7O4/c46-45(56)52(33-12-4-11-32(26-33)51-44-41-18-6-16-37(39(41)20-22-48-44)29-8-2-14-35(54)24-29)27-42(55)49-30-9-3-10-31(25-30)50-43-40-17-5-15-36(38(40)19-21-47-43)28-7-1-13-34(53)23-28/h1-26,53-54H,27H2,(H2,46,56)(H,47,50)(H,48,51)(H,49,55). The molecule has 8 aromatic rings. The van der Waals surface area contributed by atoms with Crippen LogP contribution in [0.1, 0.15) is 0 Å². The first-order valence-electron chi connectivity index (χ1n) is 17.7. The second-order valence-corrected chi connectivity index (χ2v) is 13.1. The molecule has 0 aliphatic rings. The number of fused-ring (bicyclic) bond motifs is 2. The molecule has 0 fully saturated rings. The van der Waals surface area contributed by atoms with Gasteiger partial charge < -0.3 is 31.9 Å². The number of aromatic nitrogens is 2. The molecule has 0 saturated carbocycles. The SMILES string of the molecule is NC(=O)N(CC(=O)Nc1cccc(Nc2nccc3c(-c4cccc(O)c4)cccc23)c1)c1cccc(Nc2nccc3c(-c4cccc(O)c4)cccc23)c1. The summed E-state index contributed by atoms with van der Waals surface area (Å²) in [6.45, 7) is -0.334. The van der Waals surface area contributed by atoms with E-state index in [1.807, 2.05) is 78.9 Å². The highest BCUT2D eigenvalue weighted by Gasteiger charge is 2.18. The van der Waals surface area contributed by atoms with Crippen LogP contribution in [0.15, 0.2) is 158 Å². The van der Waals surface area contributed by atoms with Crippen molar-refractivity contribution in [1.29, 1.82) is 0 Å². The van der Waals surface area contributed by atoms with Crippen molar-refractivity contribution in [1.82, 2.24) is 9.97 Å². The number of anilines is 6. The Morgan fingerprint density at radius 3 is 1.61 bits per heavy atom. The molecule has 56 heavy (non-hydrogen) atoms. The maximum Gasteiger partial charge on any atom is 0.319 e. The van der Waals surface area contributed by atoms with Crippen LogP contribution < -0.4 is 26.6 Å². The third-order valence-corrected chi connectivity index (χ3v) is 9.32. The van der Waals surface area contributed by atoms with E-state index in [9.17, 15) is 19.8 Å². The number of phenolic OH excluding ortho intramolecular Hbond substituents is 2. The predicted molar refractivity (Wildman–Crippen MR) is 223 cm³/mol. The summed E-state index contributed by atoms with van der Waals surface area (Å²) < 4.78 is 0. The van der Waals surface area contributed by atoms with Gasteiger partial charge in [0.1, 0.15) is 29.7 Å². The maximum absolute atomic E-state index is 13.4. The van der Waals surface area contributed by atoms with Gasteiger partial charge in [-0.3, -0.25) is 9.69 Å². The number of carbonyl (C=O) groups excluding carboxylic acids is 2. The number of rotatable bonds is 10. The van der Waals surface area contributed by atoms with Crippen molar-refractivity contribution in [2.75, 3.05) is 27.4 Å². The van der Waals surface area contributed by atoms with E-state index in [-0.39, 0.29) is 18.0 Å². The van der Waals surface area contributed by atoms with E-state index in [0.29, 0.717) is 34.4 Å². The lowest BCUT2D eigenvalue weighted by Gasteiger charge is -2.21. The van der Waals surface area contributed by atoms with Crippen LogP contribution in [0, 0.1) is 0 Å². The van der Waals surface area contributed by atoms with Crippen molar-refractivity contribution in [3.63, 3.8) is 0 Å². The molecular weight excluding hydrogens is 703 g/mol. The van der Waals surface area contributed by atoms with Gasteiger partial charge in [0.25, 0.3) is 0 Å². The molecule has 8 rings (SSSR count). The molecule has 0 spiro atoms. The summed E-state index contributed by atoms with van der Waals surface area (Å²) in [7, 11) is 0. The van der Waals surface area contributed by atoms with Crippen LogP contribution in [-0.2, 0) is 4.79 Å². The third-order valence-electron chi connectivity index (χ3n) is 9.32. The number of nitrogens with one attached hydrogen (secondary N) is 3. The number of phenols is 2. The van der Waals surface area contributed by atoms with Crippen LogP contribution in [0.25, 0.3) is 43.8 Å². The summed E-state index contributed by atoms with van der Waals surface area (Å²) in [5.41, 5.74) is 11.7. The lowest BCUT2D eigenvalue weighted by Crippen LogP contribution is -2.41. The van der Waals surface area contributed by atoms with E-state index in [1.165, 1.54) is 4.90 Å². The average Bonchev–Trinajstić information content (AvgIpc) is 3.20. The van der Waals surface area contributed by atoms with Crippen LogP contribution in [0.5, 0.6) is 11.5 Å². The van der Waals surface area contributed by atoms with E-state index >= 15 is 0 Å². The fourth-order valence-corrected chi connectivity index (χ4v) is 6.80. The van der Waals surface area contributed by atoms with Gasteiger partial charge in [-0.05, 0) is 106 Å². The molecule has 11 nitrogen and oxygen atoms in total. The second-order valence-electron chi connectivity index (χ2n) is 13.1. The van der Waals surface area contributed by atoms with Gasteiger partial charge in [-0.1, -0.05) is 72.8 Å². The summed E-state index contributed by atoms with van der Waals surface area (Å²) >= 11 is 0. The van der Waals surface area contributed by atoms with Gasteiger partial charge >= 0.3 is 6.03 Å². The molecule has 0 radical (unpaired) electrons. The smallest absolute Gasteiger partial charge is 0.319 e. The Kier molecular flexibility index (Phi) is 9.54. The number of carbonyl (C=O) groups is 2. The summed E-state index contributed by atoms with van der Waals surface area (Å²) in [6.07, 6.45) is 3.43. The number of primary amides is 1. The number of amides is 3. The molecule has 0 unspecified atom stereocenters. The normalized spacial score (nSPS) is 10.9. The van der Waals surface area contributed by atoms with E-state index < -0.39 is 11.9 Å². The van der Waals surface area contributed by atoms with Crippen LogP contribution >= 0.6 is 0 Å². The summed E-state index contributed by atoms with van der Waals surface area (Å²) in [4.78, 5) is 36.5. The van der Waals surface area contributed by atoms with Gasteiger partial charge in [0.2, 0.25) is 5.91 Å². The van der Waals surface area contributed by atoms with Gasteiger partial charge in [-0.2, -0.15) is 0 Å². The lowest BCUT2D eigenvalue weighted by atomic mass is 9.99. The Balaban J connectivity index is 0.981. The highest BCUT2D eigenvalue weighted by molar-refractivity contribution is 6.05.